The van der Waals surface area contributed by atoms with E-state index >= 15 is 0 Å². The molecule has 0 spiro atoms. The number of hydrogen-bond acceptors (Lipinski definition) is 4. The molecular weight excluding hydrogens is 160 g/mol. The molecule has 4 heteroatoms. The van der Waals surface area contributed by atoms with Gasteiger partial charge in [-0.05, 0) is 13.5 Å². The van der Waals surface area contributed by atoms with Crippen LogP contribution in [0.4, 0.5) is 0 Å². The fourth-order valence-electron chi connectivity index (χ4n) is 0.117. The second-order valence-electron chi connectivity index (χ2n) is 1.16. The van der Waals surface area contributed by atoms with Gasteiger partial charge in [-0.15, -0.1) is 0 Å². The van der Waals surface area contributed by atoms with E-state index in [2.05, 4.69) is 17.9 Å². The summed E-state index contributed by atoms with van der Waals surface area (Å²) >= 11 is 0. The van der Waals surface area contributed by atoms with Crippen LogP contribution in [-0.2, 0) is 19.1 Å². The third-order valence-electron chi connectivity index (χ3n) is 0.249. The van der Waals surface area contributed by atoms with Gasteiger partial charge in [-0.3, -0.25) is 4.79 Å². The summed E-state index contributed by atoms with van der Waals surface area (Å²) in [5.74, 6) is 0.921. The van der Waals surface area contributed by atoms with Crippen LogP contribution in [0.15, 0.2) is 19.4 Å². The lowest BCUT2D eigenvalue weighted by Gasteiger charge is -1.83. The number of esters is 1. The van der Waals surface area contributed by atoms with Crippen molar-refractivity contribution in [3.8, 4) is 0 Å². The third kappa shape index (κ3) is 253. The van der Waals surface area contributed by atoms with E-state index in [-0.39, 0.29) is 5.97 Å². The molecule has 0 fully saturated rings. The van der Waals surface area contributed by atoms with Gasteiger partial charge < -0.3 is 9.53 Å². The maximum atomic E-state index is 9.75. The van der Waals surface area contributed by atoms with Gasteiger partial charge in [0.25, 0.3) is 0 Å². The summed E-state index contributed by atoms with van der Waals surface area (Å²) in [6, 6.07) is 0. The Bertz CT molecular complexity index is 154. The highest BCUT2D eigenvalue weighted by Crippen LogP contribution is 1.70. The molecule has 0 heterocycles. The minimum atomic E-state index is -0.329. The Hall–Kier alpha value is -1.67. The number of carbonyl (C=O) groups excluding carboxylic acids is 3. The summed E-state index contributed by atoms with van der Waals surface area (Å²) in [6.07, 6.45) is 1.85. The summed E-state index contributed by atoms with van der Waals surface area (Å²) < 4.78 is 4.17. The molecule has 4 nitrogen and oxygen atoms in total. The van der Waals surface area contributed by atoms with Gasteiger partial charge in [0.2, 0.25) is 0 Å². The first-order chi connectivity index (χ1) is 5.60. The fraction of sp³-hybridized carbons (Fsp3) is 0.250. The van der Waals surface area contributed by atoms with Gasteiger partial charge >= 0.3 is 5.97 Å². The SMILES string of the molecule is C=C=O.C=COC(C)=O.CC=O. The Morgan fingerprint density at radius 2 is 1.83 bits per heavy atom. The highest BCUT2D eigenvalue weighted by atomic mass is 16.5. The highest BCUT2D eigenvalue weighted by molar-refractivity contribution is 5.66. The van der Waals surface area contributed by atoms with Gasteiger partial charge in [0, 0.05) is 6.92 Å². The van der Waals surface area contributed by atoms with Gasteiger partial charge in [0.15, 0.2) is 0 Å². The van der Waals surface area contributed by atoms with Crippen LogP contribution >= 0.6 is 0 Å². The number of carbonyl (C=O) groups is 2. The highest BCUT2D eigenvalue weighted by Gasteiger charge is 1.79. The number of rotatable bonds is 1. The topological polar surface area (TPSA) is 60.4 Å². The summed E-state index contributed by atoms with van der Waals surface area (Å²) in [6.45, 7) is 8.60. The second-order valence-corrected chi connectivity index (χ2v) is 1.16. The third-order valence-corrected chi connectivity index (χ3v) is 0.249. The average molecular weight is 172 g/mol. The van der Waals surface area contributed by atoms with Gasteiger partial charge in [-0.1, -0.05) is 6.58 Å². The first-order valence-electron chi connectivity index (χ1n) is 2.92. The first-order valence-corrected chi connectivity index (χ1v) is 2.92. The van der Waals surface area contributed by atoms with Gasteiger partial charge in [-0.2, -0.15) is 0 Å². The summed E-state index contributed by atoms with van der Waals surface area (Å²) in [5.41, 5.74) is 0. The molecule has 0 N–H and O–H groups in total. The van der Waals surface area contributed by atoms with E-state index in [0.717, 1.165) is 12.5 Å². The lowest BCUT2D eigenvalue weighted by Crippen LogP contribution is -1.87. The Labute approximate surface area is 71.5 Å². The van der Waals surface area contributed by atoms with Crippen LogP contribution in [0.2, 0.25) is 0 Å². The van der Waals surface area contributed by atoms with Crippen LogP contribution in [0.25, 0.3) is 0 Å². The van der Waals surface area contributed by atoms with E-state index in [1.165, 1.54) is 19.8 Å². The minimum Gasteiger partial charge on any atom is -0.435 e. The van der Waals surface area contributed by atoms with Crippen molar-refractivity contribution < 1.29 is 19.1 Å². The smallest absolute Gasteiger partial charge is 0.307 e. The normalized spacial score (nSPS) is 5.17. The van der Waals surface area contributed by atoms with Crippen molar-refractivity contribution in [1.29, 1.82) is 0 Å². The molecule has 0 radical (unpaired) electrons. The maximum absolute atomic E-state index is 9.75. The lowest BCUT2D eigenvalue weighted by molar-refractivity contribution is -0.135. The van der Waals surface area contributed by atoms with E-state index in [0.29, 0.717) is 0 Å². The quantitative estimate of drug-likeness (QED) is 0.255. The molecule has 0 saturated heterocycles. The number of ether oxygens (including phenoxy) is 1. The Morgan fingerprint density at radius 1 is 1.58 bits per heavy atom. The largest absolute Gasteiger partial charge is 0.435 e. The second kappa shape index (κ2) is 22.8. The zero-order valence-electron chi connectivity index (χ0n) is 7.20. The van der Waals surface area contributed by atoms with Crippen LogP contribution < -0.4 is 0 Å². The first kappa shape index (κ1) is 16.7. The zero-order chi connectivity index (χ0) is 10.4. The zero-order valence-corrected chi connectivity index (χ0v) is 7.20. The van der Waals surface area contributed by atoms with Crippen LogP contribution in [-0.4, -0.2) is 18.2 Å². The van der Waals surface area contributed by atoms with Gasteiger partial charge in [0.1, 0.15) is 12.2 Å². The van der Waals surface area contributed by atoms with Crippen molar-refractivity contribution in [2.75, 3.05) is 0 Å². The molecule has 0 amide bonds. The van der Waals surface area contributed by atoms with Gasteiger partial charge in [-0.25, -0.2) is 4.79 Å². The average Bonchev–Trinajstić information content (AvgIpc) is 1.89. The number of aldehydes is 1. The van der Waals surface area contributed by atoms with E-state index in [1.54, 1.807) is 0 Å². The molecule has 12 heavy (non-hydrogen) atoms. The monoisotopic (exact) mass is 172 g/mol. The minimum absolute atomic E-state index is 0.329. The molecule has 0 aliphatic rings. The van der Waals surface area contributed by atoms with E-state index in [4.69, 9.17) is 9.59 Å². The molecule has 0 aliphatic heterocycles. The summed E-state index contributed by atoms with van der Waals surface area (Å²) in [5, 5.41) is 0. The lowest BCUT2D eigenvalue weighted by atomic mass is 10.8. The van der Waals surface area contributed by atoms with Crippen molar-refractivity contribution in [2.24, 2.45) is 0 Å². The predicted molar refractivity (Wildman–Crippen MR) is 45.0 cm³/mol. The Kier molecular flexibility index (Phi) is 31.8. The molecule has 0 aromatic rings. The fourth-order valence-corrected chi connectivity index (χ4v) is 0.117. The molecule has 0 saturated carbocycles. The van der Waals surface area contributed by atoms with Crippen molar-refractivity contribution in [1.82, 2.24) is 0 Å². The van der Waals surface area contributed by atoms with Crippen LogP contribution in [0.1, 0.15) is 13.8 Å². The molecule has 0 aliphatic carbocycles. The van der Waals surface area contributed by atoms with E-state index < -0.39 is 0 Å². The Balaban J connectivity index is -0.000000115. The van der Waals surface area contributed by atoms with Gasteiger partial charge in [0.05, 0.1) is 6.26 Å². The van der Waals surface area contributed by atoms with Crippen molar-refractivity contribution in [2.45, 2.75) is 13.8 Å². The summed E-state index contributed by atoms with van der Waals surface area (Å²) in [4.78, 5) is 27.1. The molecule has 0 unspecified atom stereocenters. The molecule has 0 atom stereocenters. The molecular formula is C8H12O4. The van der Waals surface area contributed by atoms with E-state index in [1.807, 2.05) is 0 Å². The molecule has 0 aromatic carbocycles. The standard InChI is InChI=1S/C4H6O2.C2H4O.C2H2O/c1-3-6-4(2)5;2*1-2-3/h3H,1H2,2H3;2H,1H3;1H2. The molecule has 68 valence electrons. The number of hydrogen-bond donors (Lipinski definition) is 0. The predicted octanol–water partition coefficient (Wildman–Crippen LogP) is 0.902. The van der Waals surface area contributed by atoms with Crippen LogP contribution in [0, 0.1) is 0 Å². The van der Waals surface area contributed by atoms with E-state index in [9.17, 15) is 4.79 Å². The molecule has 0 rings (SSSR count). The summed E-state index contributed by atoms with van der Waals surface area (Å²) in [7, 11) is 0. The van der Waals surface area contributed by atoms with Crippen molar-refractivity contribution >= 4 is 18.2 Å². The van der Waals surface area contributed by atoms with Crippen molar-refractivity contribution in [3.63, 3.8) is 0 Å². The Morgan fingerprint density at radius 3 is 1.83 bits per heavy atom. The van der Waals surface area contributed by atoms with Crippen LogP contribution in [0.3, 0.4) is 0 Å². The molecule has 0 bridgehead atoms. The van der Waals surface area contributed by atoms with Crippen LogP contribution in [0.5, 0.6) is 0 Å². The van der Waals surface area contributed by atoms with Crippen molar-refractivity contribution in [3.05, 3.63) is 19.4 Å². The maximum Gasteiger partial charge on any atom is 0.307 e. The molecule has 0 aromatic heterocycles.